The van der Waals surface area contributed by atoms with Crippen LogP contribution in [0.3, 0.4) is 0 Å². The molecule has 0 aliphatic heterocycles. The summed E-state index contributed by atoms with van der Waals surface area (Å²) in [5.41, 5.74) is 1.33. The molecule has 3 heteroatoms. The predicted molar refractivity (Wildman–Crippen MR) is 75.9 cm³/mol. The first-order valence-corrected chi connectivity index (χ1v) is 7.03. The Kier molecular flexibility index (Phi) is 7.33. The van der Waals surface area contributed by atoms with Gasteiger partial charge in [-0.1, -0.05) is 24.6 Å². The first-order valence-electron chi connectivity index (χ1n) is 6.15. The Hall–Kier alpha value is -0.510. The summed E-state index contributed by atoms with van der Waals surface area (Å²) in [6.07, 6.45) is 1.08. The molecule has 0 aromatic heterocycles. The van der Waals surface area contributed by atoms with Gasteiger partial charge < -0.3 is 10.1 Å². The molecule has 0 bridgehead atoms. The number of hydrogen-bond acceptors (Lipinski definition) is 3. The summed E-state index contributed by atoms with van der Waals surface area (Å²) < 4.78 is 5.01. The first kappa shape index (κ1) is 14.6. The topological polar surface area (TPSA) is 21.3 Å². The number of rotatable bonds is 8. The third-order valence-electron chi connectivity index (χ3n) is 2.46. The monoisotopic (exact) mass is 253 g/mol. The second kappa shape index (κ2) is 8.56. The van der Waals surface area contributed by atoms with Crippen LogP contribution >= 0.6 is 11.8 Å². The summed E-state index contributed by atoms with van der Waals surface area (Å²) in [4.78, 5) is 1.36. The van der Waals surface area contributed by atoms with Crippen molar-refractivity contribution in [1.29, 1.82) is 0 Å². The van der Waals surface area contributed by atoms with Gasteiger partial charge in [0.05, 0.1) is 0 Å². The van der Waals surface area contributed by atoms with Crippen molar-refractivity contribution in [3.63, 3.8) is 0 Å². The van der Waals surface area contributed by atoms with Gasteiger partial charge >= 0.3 is 0 Å². The van der Waals surface area contributed by atoms with Crippen LogP contribution in [0.2, 0.25) is 0 Å². The van der Waals surface area contributed by atoms with Gasteiger partial charge in [-0.25, -0.2) is 0 Å². The number of methoxy groups -OCH3 is 1. The number of thioether (sulfide) groups is 1. The van der Waals surface area contributed by atoms with Gasteiger partial charge in [-0.2, -0.15) is 0 Å². The normalized spacial score (nSPS) is 12.6. The van der Waals surface area contributed by atoms with Crippen LogP contribution in [0.5, 0.6) is 0 Å². The zero-order chi connectivity index (χ0) is 12.5. The van der Waals surface area contributed by atoms with Crippen molar-refractivity contribution in [3.05, 3.63) is 29.8 Å². The van der Waals surface area contributed by atoms with E-state index in [4.69, 9.17) is 4.74 Å². The fourth-order valence-electron chi connectivity index (χ4n) is 1.61. The highest BCUT2D eigenvalue weighted by molar-refractivity contribution is 8.00. The zero-order valence-electron chi connectivity index (χ0n) is 11.0. The summed E-state index contributed by atoms with van der Waals surface area (Å²) >= 11 is 1.93. The Labute approximate surface area is 109 Å². The van der Waals surface area contributed by atoms with E-state index in [1.807, 2.05) is 11.8 Å². The molecule has 0 radical (unpaired) electrons. The quantitative estimate of drug-likeness (QED) is 0.568. The Morgan fingerprint density at radius 2 is 2.24 bits per heavy atom. The number of hydrogen-bond donors (Lipinski definition) is 1. The van der Waals surface area contributed by atoms with E-state index in [1.54, 1.807) is 7.11 Å². The van der Waals surface area contributed by atoms with Crippen LogP contribution < -0.4 is 5.32 Å². The maximum Gasteiger partial charge on any atom is 0.0474 e. The molecule has 0 heterocycles. The Morgan fingerprint density at radius 1 is 1.41 bits per heavy atom. The molecule has 0 aliphatic carbocycles. The van der Waals surface area contributed by atoms with Crippen LogP contribution in [0.15, 0.2) is 29.2 Å². The van der Waals surface area contributed by atoms with Gasteiger partial charge in [0, 0.05) is 30.4 Å². The Bertz CT molecular complexity index is 317. The fraction of sp³-hybridized carbons (Fsp3) is 0.571. The molecule has 0 fully saturated rings. The molecule has 17 heavy (non-hydrogen) atoms. The largest absolute Gasteiger partial charge is 0.385 e. The highest BCUT2D eigenvalue weighted by Gasteiger charge is 2.03. The molecular weight excluding hydrogens is 230 g/mol. The highest BCUT2D eigenvalue weighted by atomic mass is 32.2. The van der Waals surface area contributed by atoms with Gasteiger partial charge in [-0.3, -0.25) is 0 Å². The van der Waals surface area contributed by atoms with Crippen molar-refractivity contribution < 1.29 is 4.74 Å². The van der Waals surface area contributed by atoms with E-state index in [2.05, 4.69) is 43.4 Å². The third-order valence-corrected chi connectivity index (χ3v) is 3.56. The minimum Gasteiger partial charge on any atom is -0.385 e. The van der Waals surface area contributed by atoms with Gasteiger partial charge in [0.25, 0.3) is 0 Å². The van der Waals surface area contributed by atoms with Crippen LogP contribution in [-0.2, 0) is 4.74 Å². The van der Waals surface area contributed by atoms with Gasteiger partial charge in [0.2, 0.25) is 0 Å². The standard InChI is InChI=1S/C14H23NOS/c1-12-6-4-7-14(10-12)17-13(2)11-15-8-5-9-16-3/h4,6-7,10,13,15H,5,8-9,11H2,1-3H3. The molecule has 1 atom stereocenters. The fourth-order valence-corrected chi connectivity index (χ4v) is 2.69. The number of aryl methyl sites for hydroxylation is 1. The van der Waals surface area contributed by atoms with E-state index in [9.17, 15) is 0 Å². The number of benzene rings is 1. The minimum absolute atomic E-state index is 0.597. The van der Waals surface area contributed by atoms with Crippen LogP contribution in [0, 0.1) is 6.92 Å². The van der Waals surface area contributed by atoms with Gasteiger partial charge in [0.15, 0.2) is 0 Å². The lowest BCUT2D eigenvalue weighted by molar-refractivity contribution is 0.194. The van der Waals surface area contributed by atoms with E-state index >= 15 is 0 Å². The van der Waals surface area contributed by atoms with E-state index < -0.39 is 0 Å². The molecule has 1 aromatic rings. The molecule has 0 amide bonds. The van der Waals surface area contributed by atoms with Crippen molar-refractivity contribution in [3.8, 4) is 0 Å². The number of ether oxygens (including phenoxy) is 1. The summed E-state index contributed by atoms with van der Waals surface area (Å²) in [6.45, 7) is 7.31. The molecule has 0 saturated heterocycles. The van der Waals surface area contributed by atoms with E-state index in [1.165, 1.54) is 10.5 Å². The summed E-state index contributed by atoms with van der Waals surface area (Å²) in [5.74, 6) is 0. The maximum atomic E-state index is 5.01. The molecule has 1 unspecified atom stereocenters. The summed E-state index contributed by atoms with van der Waals surface area (Å²) in [5, 5.41) is 4.05. The van der Waals surface area contributed by atoms with Crippen molar-refractivity contribution in [2.45, 2.75) is 30.4 Å². The third kappa shape index (κ3) is 6.71. The van der Waals surface area contributed by atoms with E-state index in [-0.39, 0.29) is 0 Å². The van der Waals surface area contributed by atoms with Crippen molar-refractivity contribution in [1.82, 2.24) is 5.32 Å². The molecule has 96 valence electrons. The number of nitrogens with one attached hydrogen (secondary N) is 1. The van der Waals surface area contributed by atoms with Gasteiger partial charge in [-0.15, -0.1) is 11.8 Å². The molecular formula is C14H23NOS. The first-order chi connectivity index (χ1) is 8.22. The van der Waals surface area contributed by atoms with Crippen LogP contribution in [-0.4, -0.2) is 32.1 Å². The molecule has 0 aliphatic rings. The lowest BCUT2D eigenvalue weighted by atomic mass is 10.2. The van der Waals surface area contributed by atoms with E-state index in [0.717, 1.165) is 26.1 Å². The molecule has 1 rings (SSSR count). The Morgan fingerprint density at radius 3 is 2.94 bits per heavy atom. The van der Waals surface area contributed by atoms with Crippen molar-refractivity contribution >= 4 is 11.8 Å². The van der Waals surface area contributed by atoms with Crippen molar-refractivity contribution in [2.24, 2.45) is 0 Å². The van der Waals surface area contributed by atoms with E-state index in [0.29, 0.717) is 5.25 Å². The average molecular weight is 253 g/mol. The van der Waals surface area contributed by atoms with Crippen LogP contribution in [0.4, 0.5) is 0 Å². The van der Waals surface area contributed by atoms with Crippen LogP contribution in [0.1, 0.15) is 18.9 Å². The lowest BCUT2D eigenvalue weighted by Crippen LogP contribution is -2.24. The second-order valence-electron chi connectivity index (χ2n) is 4.30. The molecule has 1 N–H and O–H groups in total. The summed E-state index contributed by atoms with van der Waals surface area (Å²) in [7, 11) is 1.75. The molecule has 0 saturated carbocycles. The van der Waals surface area contributed by atoms with Crippen LogP contribution in [0.25, 0.3) is 0 Å². The van der Waals surface area contributed by atoms with Crippen molar-refractivity contribution in [2.75, 3.05) is 26.8 Å². The molecule has 1 aromatic carbocycles. The maximum absolute atomic E-state index is 5.01. The Balaban J connectivity index is 2.18. The average Bonchev–Trinajstić information content (AvgIpc) is 2.29. The second-order valence-corrected chi connectivity index (χ2v) is 5.81. The van der Waals surface area contributed by atoms with Gasteiger partial charge in [-0.05, 0) is 32.0 Å². The summed E-state index contributed by atoms with van der Waals surface area (Å²) in [6, 6.07) is 8.68. The molecule has 0 spiro atoms. The molecule has 2 nitrogen and oxygen atoms in total. The minimum atomic E-state index is 0.597. The lowest BCUT2D eigenvalue weighted by Gasteiger charge is -2.12. The highest BCUT2D eigenvalue weighted by Crippen LogP contribution is 2.23. The zero-order valence-corrected chi connectivity index (χ0v) is 11.8. The van der Waals surface area contributed by atoms with Gasteiger partial charge in [0.1, 0.15) is 0 Å². The SMILES string of the molecule is COCCCNCC(C)Sc1cccc(C)c1. The predicted octanol–water partition coefficient (Wildman–Crippen LogP) is 3.10. The smallest absolute Gasteiger partial charge is 0.0474 e.